The maximum Gasteiger partial charge on any atom is 0.241 e. The molecule has 0 radical (unpaired) electrons. The van der Waals surface area contributed by atoms with Gasteiger partial charge in [0.1, 0.15) is 0 Å². The topological polar surface area (TPSA) is 102 Å². The summed E-state index contributed by atoms with van der Waals surface area (Å²) < 4.78 is 29.2. The van der Waals surface area contributed by atoms with Crippen molar-refractivity contribution in [2.24, 2.45) is 5.84 Å². The summed E-state index contributed by atoms with van der Waals surface area (Å²) >= 11 is 0. The lowest BCUT2D eigenvalue weighted by molar-refractivity contribution is 0.571. The predicted molar refractivity (Wildman–Crippen MR) is 81.1 cm³/mol. The van der Waals surface area contributed by atoms with Gasteiger partial charge in [0, 0.05) is 31.2 Å². The minimum Gasteiger partial charge on any atom is -0.336 e. The van der Waals surface area contributed by atoms with Crippen LogP contribution in [-0.4, -0.2) is 24.5 Å². The standard InChI is InChI=1S/C13H19N5O2S/c1-10-7-12(17-14)8-11(2)13(10)21(19,20)16-4-6-18-5-3-15-9-18/h3,5,7-9,16-17H,4,6,14H2,1-2H3. The van der Waals surface area contributed by atoms with E-state index in [9.17, 15) is 8.42 Å². The summed E-state index contributed by atoms with van der Waals surface area (Å²) in [5.74, 6) is 5.36. The maximum atomic E-state index is 12.4. The Hall–Kier alpha value is -1.90. The lowest BCUT2D eigenvalue weighted by atomic mass is 10.1. The van der Waals surface area contributed by atoms with Crippen molar-refractivity contribution in [1.82, 2.24) is 14.3 Å². The van der Waals surface area contributed by atoms with Gasteiger partial charge in [-0.05, 0) is 37.1 Å². The number of anilines is 1. The van der Waals surface area contributed by atoms with Crippen molar-refractivity contribution in [3.63, 3.8) is 0 Å². The van der Waals surface area contributed by atoms with Crippen molar-refractivity contribution < 1.29 is 8.42 Å². The van der Waals surface area contributed by atoms with E-state index in [4.69, 9.17) is 5.84 Å². The largest absolute Gasteiger partial charge is 0.336 e. The number of hydrogen-bond donors (Lipinski definition) is 3. The van der Waals surface area contributed by atoms with Gasteiger partial charge >= 0.3 is 0 Å². The third-order valence-corrected chi connectivity index (χ3v) is 4.88. The molecule has 0 aliphatic rings. The molecule has 2 aromatic rings. The number of aryl methyl sites for hydroxylation is 2. The van der Waals surface area contributed by atoms with Crippen LogP contribution in [0.2, 0.25) is 0 Å². The lowest BCUT2D eigenvalue weighted by Gasteiger charge is -2.14. The van der Waals surface area contributed by atoms with Gasteiger partial charge in [0.25, 0.3) is 0 Å². The zero-order valence-electron chi connectivity index (χ0n) is 12.0. The number of nitrogens with two attached hydrogens (primary N) is 1. The Morgan fingerprint density at radius 1 is 1.29 bits per heavy atom. The zero-order chi connectivity index (χ0) is 15.5. The number of hydrogen-bond acceptors (Lipinski definition) is 5. The first-order valence-corrected chi connectivity index (χ1v) is 7.95. The second-order valence-corrected chi connectivity index (χ2v) is 6.49. The Bertz CT molecular complexity index is 687. The minimum absolute atomic E-state index is 0.298. The molecule has 8 heteroatoms. The summed E-state index contributed by atoms with van der Waals surface area (Å²) in [6.07, 6.45) is 5.08. The third kappa shape index (κ3) is 3.60. The summed E-state index contributed by atoms with van der Waals surface area (Å²) in [6.45, 7) is 4.32. The Kier molecular flexibility index (Phi) is 4.61. The Morgan fingerprint density at radius 2 is 1.95 bits per heavy atom. The van der Waals surface area contributed by atoms with Crippen molar-refractivity contribution in [3.8, 4) is 0 Å². The molecular weight excluding hydrogens is 290 g/mol. The average Bonchev–Trinajstić information content (AvgIpc) is 2.90. The smallest absolute Gasteiger partial charge is 0.241 e. The van der Waals surface area contributed by atoms with Crippen LogP contribution in [0.1, 0.15) is 11.1 Å². The highest BCUT2D eigenvalue weighted by Gasteiger charge is 2.19. The number of nitrogens with one attached hydrogen (secondary N) is 2. The molecule has 0 spiro atoms. The normalized spacial score (nSPS) is 11.6. The number of sulfonamides is 1. The van der Waals surface area contributed by atoms with Crippen LogP contribution in [0.3, 0.4) is 0 Å². The van der Waals surface area contributed by atoms with E-state index in [1.807, 2.05) is 4.57 Å². The highest BCUT2D eigenvalue weighted by atomic mass is 32.2. The average molecular weight is 309 g/mol. The second-order valence-electron chi connectivity index (χ2n) is 4.78. The van der Waals surface area contributed by atoms with Gasteiger partial charge in [-0.15, -0.1) is 0 Å². The number of nitrogen functional groups attached to an aromatic ring is 1. The van der Waals surface area contributed by atoms with Crippen molar-refractivity contribution in [2.45, 2.75) is 25.3 Å². The van der Waals surface area contributed by atoms with Gasteiger partial charge in [-0.25, -0.2) is 18.1 Å². The number of rotatable bonds is 6. The van der Waals surface area contributed by atoms with E-state index in [0.29, 0.717) is 34.8 Å². The van der Waals surface area contributed by atoms with E-state index in [-0.39, 0.29) is 0 Å². The van der Waals surface area contributed by atoms with Crippen molar-refractivity contribution >= 4 is 15.7 Å². The lowest BCUT2D eigenvalue weighted by Crippen LogP contribution is -2.28. The van der Waals surface area contributed by atoms with Crippen molar-refractivity contribution in [3.05, 3.63) is 42.0 Å². The molecule has 21 heavy (non-hydrogen) atoms. The van der Waals surface area contributed by atoms with Gasteiger partial charge in [-0.1, -0.05) is 0 Å². The number of imidazole rings is 1. The Labute approximate surface area is 124 Å². The molecule has 1 aromatic carbocycles. The fourth-order valence-corrected chi connectivity index (χ4v) is 3.73. The Balaban J connectivity index is 2.15. The Morgan fingerprint density at radius 3 is 2.48 bits per heavy atom. The molecule has 0 fully saturated rings. The van der Waals surface area contributed by atoms with Crippen LogP contribution in [0.15, 0.2) is 35.7 Å². The molecule has 1 aromatic heterocycles. The molecule has 7 nitrogen and oxygen atoms in total. The SMILES string of the molecule is Cc1cc(NN)cc(C)c1S(=O)(=O)NCCn1ccnc1. The fraction of sp³-hybridized carbons (Fsp3) is 0.308. The summed E-state index contributed by atoms with van der Waals surface area (Å²) in [5, 5.41) is 0. The molecule has 114 valence electrons. The van der Waals surface area contributed by atoms with E-state index < -0.39 is 10.0 Å². The van der Waals surface area contributed by atoms with Crippen LogP contribution < -0.4 is 16.0 Å². The van der Waals surface area contributed by atoms with Crippen LogP contribution in [0.5, 0.6) is 0 Å². The van der Waals surface area contributed by atoms with Crippen LogP contribution in [0.4, 0.5) is 5.69 Å². The number of hydrazine groups is 1. The van der Waals surface area contributed by atoms with Gasteiger partial charge in [-0.3, -0.25) is 5.84 Å². The first-order chi connectivity index (χ1) is 9.94. The molecule has 0 amide bonds. The molecular formula is C13H19N5O2S. The summed E-state index contributed by atoms with van der Waals surface area (Å²) in [6, 6.07) is 3.41. The molecule has 0 atom stereocenters. The van der Waals surface area contributed by atoms with Gasteiger partial charge in [-0.2, -0.15) is 0 Å². The van der Waals surface area contributed by atoms with E-state index in [1.165, 1.54) is 0 Å². The predicted octanol–water partition coefficient (Wildman–Crippen LogP) is 0.764. The third-order valence-electron chi connectivity index (χ3n) is 3.12. The fourth-order valence-electron chi connectivity index (χ4n) is 2.26. The summed E-state index contributed by atoms with van der Waals surface area (Å²) in [5.41, 5.74) is 4.51. The number of nitrogens with zero attached hydrogens (tertiary/aromatic N) is 2. The number of aromatic nitrogens is 2. The van der Waals surface area contributed by atoms with Crippen molar-refractivity contribution in [2.75, 3.05) is 12.0 Å². The van der Waals surface area contributed by atoms with Crippen LogP contribution in [-0.2, 0) is 16.6 Å². The van der Waals surface area contributed by atoms with Gasteiger partial charge in [0.05, 0.1) is 11.2 Å². The molecule has 2 rings (SSSR count). The van der Waals surface area contributed by atoms with Crippen LogP contribution in [0, 0.1) is 13.8 Å². The van der Waals surface area contributed by atoms with Crippen LogP contribution in [0.25, 0.3) is 0 Å². The summed E-state index contributed by atoms with van der Waals surface area (Å²) in [7, 11) is -3.55. The molecule has 0 aliphatic heterocycles. The quantitative estimate of drug-likeness (QED) is 0.540. The molecule has 0 aliphatic carbocycles. The molecule has 1 heterocycles. The second kappa shape index (κ2) is 6.25. The molecule has 4 N–H and O–H groups in total. The highest BCUT2D eigenvalue weighted by molar-refractivity contribution is 7.89. The zero-order valence-corrected chi connectivity index (χ0v) is 12.8. The van der Waals surface area contributed by atoms with Crippen LogP contribution >= 0.6 is 0 Å². The van der Waals surface area contributed by atoms with Gasteiger partial charge in [0.15, 0.2) is 0 Å². The highest BCUT2D eigenvalue weighted by Crippen LogP contribution is 2.23. The molecule has 0 bridgehead atoms. The maximum absolute atomic E-state index is 12.4. The molecule has 0 saturated carbocycles. The van der Waals surface area contributed by atoms with Gasteiger partial charge < -0.3 is 9.99 Å². The summed E-state index contributed by atoms with van der Waals surface area (Å²) in [4.78, 5) is 4.21. The van der Waals surface area contributed by atoms with E-state index in [2.05, 4.69) is 15.1 Å². The molecule has 0 saturated heterocycles. The number of benzene rings is 1. The monoisotopic (exact) mass is 309 g/mol. The van der Waals surface area contributed by atoms with E-state index >= 15 is 0 Å². The van der Waals surface area contributed by atoms with E-state index in [1.54, 1.807) is 44.7 Å². The first-order valence-electron chi connectivity index (χ1n) is 6.47. The minimum atomic E-state index is -3.55. The molecule has 0 unspecified atom stereocenters. The van der Waals surface area contributed by atoms with Crippen molar-refractivity contribution in [1.29, 1.82) is 0 Å². The van der Waals surface area contributed by atoms with E-state index in [0.717, 1.165) is 0 Å². The van der Waals surface area contributed by atoms with Gasteiger partial charge in [0.2, 0.25) is 10.0 Å². The first kappa shape index (κ1) is 15.5.